The second kappa shape index (κ2) is 8.55. The maximum Gasteiger partial charge on any atom is 0.254 e. The third-order valence-corrected chi connectivity index (χ3v) is 6.11. The van der Waals surface area contributed by atoms with Gasteiger partial charge in [-0.05, 0) is 72.7 Å². The first-order valence-corrected chi connectivity index (χ1v) is 11.1. The summed E-state index contributed by atoms with van der Waals surface area (Å²) in [5.74, 6) is 0.347. The number of aryl methyl sites for hydroxylation is 3. The summed E-state index contributed by atoms with van der Waals surface area (Å²) in [6.45, 7) is 6.95. The van der Waals surface area contributed by atoms with Crippen molar-refractivity contribution < 1.29 is 4.79 Å². The minimum absolute atomic E-state index is 0.167. The van der Waals surface area contributed by atoms with Crippen molar-refractivity contribution in [1.29, 1.82) is 0 Å². The lowest BCUT2D eigenvalue weighted by Crippen LogP contribution is -2.23. The number of nitrogens with one attached hydrogen (secondary N) is 1. The molecule has 3 heterocycles. The molecule has 5 rings (SSSR count). The molecule has 170 valence electrons. The molecule has 0 saturated carbocycles. The fourth-order valence-corrected chi connectivity index (χ4v) is 4.28. The molecular weight excluding hydrogens is 426 g/mol. The summed E-state index contributed by atoms with van der Waals surface area (Å²) in [5.41, 5.74) is 13.4. The van der Waals surface area contributed by atoms with Crippen LogP contribution in [0, 0.1) is 20.8 Å². The molecule has 3 N–H and O–H groups in total. The predicted octanol–water partition coefficient (Wildman–Crippen LogP) is 3.86. The molecule has 0 atom stereocenters. The molecule has 0 aliphatic heterocycles. The highest BCUT2D eigenvalue weighted by Crippen LogP contribution is 2.27. The van der Waals surface area contributed by atoms with Crippen molar-refractivity contribution in [3.05, 3.63) is 88.6 Å². The van der Waals surface area contributed by atoms with E-state index in [4.69, 9.17) is 5.73 Å². The van der Waals surface area contributed by atoms with Gasteiger partial charge in [0.1, 0.15) is 5.82 Å². The largest absolute Gasteiger partial charge is 0.383 e. The molecule has 0 unspecified atom stereocenters. The number of anilines is 1. The average molecular weight is 452 g/mol. The monoisotopic (exact) mass is 451 g/mol. The molecule has 0 aliphatic carbocycles. The van der Waals surface area contributed by atoms with Gasteiger partial charge in [-0.3, -0.25) is 14.5 Å². The Morgan fingerprint density at radius 3 is 2.74 bits per heavy atom. The maximum atomic E-state index is 12.8. The smallest absolute Gasteiger partial charge is 0.254 e. The SMILES string of the molecule is Cc1cnc2ccc(Cn3cc(C(=O)NCc4c(C)cc5c(N)nccc5c4C)cn3)cc2n1. The zero-order valence-electron chi connectivity index (χ0n) is 19.3. The number of rotatable bonds is 5. The Kier molecular flexibility index (Phi) is 5.41. The van der Waals surface area contributed by atoms with E-state index >= 15 is 0 Å². The fraction of sp³-hybridized carbons (Fsp3) is 0.192. The number of carbonyl (C=O) groups excluding carboxylic acids is 1. The number of aromatic nitrogens is 5. The molecular formula is C26H25N7O. The van der Waals surface area contributed by atoms with Gasteiger partial charge in [-0.25, -0.2) is 9.97 Å². The van der Waals surface area contributed by atoms with Crippen LogP contribution in [0.5, 0.6) is 0 Å². The van der Waals surface area contributed by atoms with Crippen LogP contribution in [0.15, 0.2) is 55.1 Å². The van der Waals surface area contributed by atoms with E-state index in [2.05, 4.69) is 25.4 Å². The summed E-state index contributed by atoms with van der Waals surface area (Å²) in [6, 6.07) is 9.94. The Labute approximate surface area is 196 Å². The molecule has 5 aromatic rings. The molecule has 2 aromatic carbocycles. The number of amides is 1. The number of pyridine rings is 1. The normalized spacial score (nSPS) is 11.3. The summed E-state index contributed by atoms with van der Waals surface area (Å²) >= 11 is 0. The number of nitrogens with zero attached hydrogens (tertiary/aromatic N) is 5. The Morgan fingerprint density at radius 1 is 1.03 bits per heavy atom. The molecule has 0 spiro atoms. The highest BCUT2D eigenvalue weighted by Gasteiger charge is 2.13. The van der Waals surface area contributed by atoms with Gasteiger partial charge in [-0.1, -0.05) is 6.07 Å². The molecule has 0 fully saturated rings. The quantitative estimate of drug-likeness (QED) is 0.420. The van der Waals surface area contributed by atoms with Crippen molar-refractivity contribution in [3.8, 4) is 0 Å². The third-order valence-electron chi connectivity index (χ3n) is 6.11. The van der Waals surface area contributed by atoms with Crippen LogP contribution in [0.1, 0.15) is 38.3 Å². The van der Waals surface area contributed by atoms with Crippen LogP contribution in [0.25, 0.3) is 21.8 Å². The number of fused-ring (bicyclic) bond motifs is 2. The van der Waals surface area contributed by atoms with Crippen molar-refractivity contribution >= 4 is 33.5 Å². The topological polar surface area (TPSA) is 112 Å². The first-order valence-electron chi connectivity index (χ1n) is 11.1. The molecule has 3 aromatic heterocycles. The Hall–Kier alpha value is -4.33. The van der Waals surface area contributed by atoms with E-state index in [9.17, 15) is 4.79 Å². The lowest BCUT2D eigenvalue weighted by molar-refractivity contribution is 0.0950. The highest BCUT2D eigenvalue weighted by atomic mass is 16.1. The third kappa shape index (κ3) is 4.05. The summed E-state index contributed by atoms with van der Waals surface area (Å²) in [4.78, 5) is 25.9. The number of hydrogen-bond acceptors (Lipinski definition) is 6. The molecule has 0 aliphatic rings. The molecule has 8 heteroatoms. The van der Waals surface area contributed by atoms with E-state index in [-0.39, 0.29) is 5.91 Å². The highest BCUT2D eigenvalue weighted by molar-refractivity contribution is 5.95. The lowest BCUT2D eigenvalue weighted by Gasteiger charge is -2.14. The van der Waals surface area contributed by atoms with Gasteiger partial charge in [0.05, 0.1) is 35.0 Å². The van der Waals surface area contributed by atoms with Gasteiger partial charge in [0.2, 0.25) is 0 Å². The van der Waals surface area contributed by atoms with Crippen LogP contribution in [0.3, 0.4) is 0 Å². The first-order chi connectivity index (χ1) is 16.4. The zero-order valence-corrected chi connectivity index (χ0v) is 19.3. The van der Waals surface area contributed by atoms with Crippen molar-refractivity contribution in [2.45, 2.75) is 33.9 Å². The van der Waals surface area contributed by atoms with Gasteiger partial charge in [0, 0.05) is 30.5 Å². The minimum Gasteiger partial charge on any atom is -0.383 e. The van der Waals surface area contributed by atoms with Crippen LogP contribution < -0.4 is 11.1 Å². The van der Waals surface area contributed by atoms with E-state index in [1.165, 1.54) is 0 Å². The molecule has 8 nitrogen and oxygen atoms in total. The van der Waals surface area contributed by atoms with Gasteiger partial charge in [0.25, 0.3) is 5.91 Å². The lowest BCUT2D eigenvalue weighted by atomic mass is 9.96. The molecule has 0 bridgehead atoms. The van der Waals surface area contributed by atoms with Crippen LogP contribution in [0.2, 0.25) is 0 Å². The van der Waals surface area contributed by atoms with Crippen LogP contribution >= 0.6 is 0 Å². The first kappa shape index (κ1) is 21.5. The Bertz CT molecular complexity index is 1550. The summed E-state index contributed by atoms with van der Waals surface area (Å²) in [6.07, 6.45) is 6.81. The Balaban J connectivity index is 1.30. The fourth-order valence-electron chi connectivity index (χ4n) is 4.28. The van der Waals surface area contributed by atoms with Gasteiger partial charge >= 0.3 is 0 Å². The zero-order chi connectivity index (χ0) is 23.8. The van der Waals surface area contributed by atoms with E-state index in [1.807, 2.05) is 51.1 Å². The number of carbonyl (C=O) groups is 1. The van der Waals surface area contributed by atoms with Crippen molar-refractivity contribution in [2.24, 2.45) is 0 Å². The van der Waals surface area contributed by atoms with Crippen LogP contribution in [-0.2, 0) is 13.1 Å². The number of benzene rings is 2. The minimum atomic E-state index is -0.167. The van der Waals surface area contributed by atoms with E-state index < -0.39 is 0 Å². The van der Waals surface area contributed by atoms with E-state index in [0.717, 1.165) is 49.8 Å². The second-order valence-corrected chi connectivity index (χ2v) is 8.53. The number of nitrogens with two attached hydrogens (primary N) is 1. The van der Waals surface area contributed by atoms with Crippen molar-refractivity contribution in [3.63, 3.8) is 0 Å². The molecule has 34 heavy (non-hydrogen) atoms. The van der Waals surface area contributed by atoms with Gasteiger partial charge in [0.15, 0.2) is 0 Å². The second-order valence-electron chi connectivity index (χ2n) is 8.53. The van der Waals surface area contributed by atoms with E-state index in [0.29, 0.717) is 24.5 Å². The summed E-state index contributed by atoms with van der Waals surface area (Å²) < 4.78 is 1.75. The van der Waals surface area contributed by atoms with Gasteiger partial charge in [-0.2, -0.15) is 5.10 Å². The van der Waals surface area contributed by atoms with Crippen molar-refractivity contribution in [1.82, 2.24) is 30.0 Å². The molecule has 0 radical (unpaired) electrons. The van der Waals surface area contributed by atoms with Crippen LogP contribution in [-0.4, -0.2) is 30.6 Å². The van der Waals surface area contributed by atoms with Gasteiger partial charge in [-0.15, -0.1) is 0 Å². The predicted molar refractivity (Wildman–Crippen MR) is 132 cm³/mol. The van der Waals surface area contributed by atoms with Crippen molar-refractivity contribution in [2.75, 3.05) is 5.73 Å². The molecule has 0 saturated heterocycles. The van der Waals surface area contributed by atoms with Gasteiger partial charge < -0.3 is 11.1 Å². The number of nitrogen functional groups attached to an aromatic ring is 1. The maximum absolute atomic E-state index is 12.8. The standard InChI is InChI=1S/C26H25N7O/c1-15-8-21-20(6-7-28-25(21)27)17(3)22(15)12-30-26(34)19-11-31-33(14-19)13-18-4-5-23-24(9-18)32-16(2)10-29-23/h4-11,14H,12-13H2,1-3H3,(H2,27,28)(H,30,34). The van der Waals surface area contributed by atoms with E-state index in [1.54, 1.807) is 29.5 Å². The molecule has 1 amide bonds. The number of hydrogen-bond donors (Lipinski definition) is 2. The Morgan fingerprint density at radius 2 is 1.88 bits per heavy atom. The average Bonchev–Trinajstić information content (AvgIpc) is 3.28. The summed E-state index contributed by atoms with van der Waals surface area (Å²) in [5, 5.41) is 9.38. The van der Waals surface area contributed by atoms with Crippen LogP contribution in [0.4, 0.5) is 5.82 Å². The summed E-state index contributed by atoms with van der Waals surface area (Å²) in [7, 11) is 0.